The van der Waals surface area contributed by atoms with Crippen molar-refractivity contribution in [3.63, 3.8) is 0 Å². The van der Waals surface area contributed by atoms with Gasteiger partial charge in [0.1, 0.15) is 11.0 Å². The molecule has 1 spiro atoms. The van der Waals surface area contributed by atoms with Crippen molar-refractivity contribution >= 4 is 39.7 Å². The molecule has 0 unspecified atom stereocenters. The maximum absolute atomic E-state index is 14.5. The minimum absolute atomic E-state index is 0.283. The zero-order valence-electron chi connectivity index (χ0n) is 20.6. The molecule has 7 heteroatoms. The van der Waals surface area contributed by atoms with E-state index in [-0.39, 0.29) is 11.6 Å². The molecule has 3 aromatic carbocycles. The lowest BCUT2D eigenvalue weighted by Gasteiger charge is -2.36. The third-order valence-electron chi connectivity index (χ3n) is 7.45. The van der Waals surface area contributed by atoms with Crippen molar-refractivity contribution in [3.05, 3.63) is 105 Å². The molecule has 3 aliphatic rings. The molecule has 6 nitrogen and oxygen atoms in total. The van der Waals surface area contributed by atoms with Crippen LogP contribution in [0.3, 0.4) is 0 Å². The van der Waals surface area contributed by atoms with Crippen LogP contribution in [0.15, 0.2) is 82.4 Å². The lowest BCUT2D eigenvalue weighted by Crippen LogP contribution is -2.44. The first-order chi connectivity index (χ1) is 17.6. The van der Waals surface area contributed by atoms with E-state index < -0.39 is 35.0 Å². The highest BCUT2D eigenvalue weighted by atomic mass is 79.9. The average Bonchev–Trinajstić information content (AvgIpc) is 3.30. The van der Waals surface area contributed by atoms with Gasteiger partial charge in [-0.15, -0.1) is 0 Å². The van der Waals surface area contributed by atoms with Gasteiger partial charge in [0.15, 0.2) is 17.6 Å². The third-order valence-corrected chi connectivity index (χ3v) is 7.98. The second-order valence-electron chi connectivity index (χ2n) is 10.7. The van der Waals surface area contributed by atoms with E-state index in [1.807, 2.05) is 48.5 Å². The summed E-state index contributed by atoms with van der Waals surface area (Å²) < 4.78 is 6.75. The van der Waals surface area contributed by atoms with Crippen LogP contribution >= 0.6 is 15.9 Å². The van der Waals surface area contributed by atoms with Crippen LogP contribution in [-0.4, -0.2) is 40.4 Å². The number of carbonyl (C=O) groups is 3. The molecule has 2 heterocycles. The van der Waals surface area contributed by atoms with Crippen molar-refractivity contribution in [2.24, 2.45) is 10.5 Å². The van der Waals surface area contributed by atoms with E-state index in [4.69, 9.17) is 9.84 Å². The van der Waals surface area contributed by atoms with E-state index in [2.05, 4.69) is 15.9 Å². The van der Waals surface area contributed by atoms with Crippen molar-refractivity contribution in [2.45, 2.75) is 44.4 Å². The summed E-state index contributed by atoms with van der Waals surface area (Å²) in [5.41, 5.74) is 0.719. The number of hydrazone groups is 1. The number of hydrogen-bond donors (Lipinski definition) is 0. The maximum Gasteiger partial charge on any atom is 0.331 e. The van der Waals surface area contributed by atoms with Crippen LogP contribution in [0.4, 0.5) is 0 Å². The summed E-state index contributed by atoms with van der Waals surface area (Å²) >= 11 is 3.48. The topological polar surface area (TPSA) is 76.0 Å². The Morgan fingerprint density at radius 2 is 1.51 bits per heavy atom. The van der Waals surface area contributed by atoms with Crippen LogP contribution in [-0.2, 0) is 9.53 Å². The molecule has 2 aliphatic heterocycles. The van der Waals surface area contributed by atoms with Gasteiger partial charge in [-0.3, -0.25) is 14.6 Å². The van der Waals surface area contributed by atoms with Gasteiger partial charge in [-0.25, -0.2) is 4.79 Å². The van der Waals surface area contributed by atoms with E-state index in [0.717, 1.165) is 15.6 Å². The zero-order chi connectivity index (χ0) is 26.1. The van der Waals surface area contributed by atoms with Crippen LogP contribution in [0.1, 0.15) is 70.1 Å². The highest BCUT2D eigenvalue weighted by Gasteiger charge is 2.73. The number of benzene rings is 3. The molecule has 0 saturated carbocycles. The number of ether oxygens (including phenoxy) is 1. The smallest absolute Gasteiger partial charge is 0.331 e. The molecule has 1 fully saturated rings. The predicted octanol–water partition coefficient (Wildman–Crippen LogP) is 5.71. The van der Waals surface area contributed by atoms with E-state index in [0.29, 0.717) is 16.7 Å². The number of carbonyl (C=O) groups excluding carboxylic acids is 3. The number of fused-ring (bicyclic) bond motifs is 5. The lowest BCUT2D eigenvalue weighted by atomic mass is 9.63. The fourth-order valence-corrected chi connectivity index (χ4v) is 6.42. The molecule has 0 amide bonds. The molecular formula is C30H25BrN2O4. The quantitative estimate of drug-likeness (QED) is 0.298. The molecule has 6 rings (SSSR count). The molecule has 0 N–H and O–H groups in total. The van der Waals surface area contributed by atoms with Gasteiger partial charge in [-0.2, -0.15) is 5.10 Å². The van der Waals surface area contributed by atoms with Gasteiger partial charge in [-0.05, 0) is 49.6 Å². The van der Waals surface area contributed by atoms with Gasteiger partial charge < -0.3 is 4.74 Å². The second kappa shape index (κ2) is 8.21. The first kappa shape index (κ1) is 23.8. The van der Waals surface area contributed by atoms with Crippen LogP contribution in [0.2, 0.25) is 0 Å². The Balaban J connectivity index is 1.67. The minimum Gasteiger partial charge on any atom is -0.458 e. The fraction of sp³-hybridized carbons (Fsp3) is 0.267. The number of halogens is 1. The van der Waals surface area contributed by atoms with E-state index in [1.165, 1.54) is 0 Å². The van der Waals surface area contributed by atoms with Crippen molar-refractivity contribution in [2.75, 3.05) is 0 Å². The van der Waals surface area contributed by atoms with Crippen LogP contribution in [0, 0.1) is 5.41 Å². The Morgan fingerprint density at radius 3 is 2.14 bits per heavy atom. The van der Waals surface area contributed by atoms with Crippen molar-refractivity contribution < 1.29 is 19.1 Å². The third kappa shape index (κ3) is 3.37. The summed E-state index contributed by atoms with van der Waals surface area (Å²) in [4.78, 5) is 43.0. The van der Waals surface area contributed by atoms with E-state index >= 15 is 0 Å². The van der Waals surface area contributed by atoms with Crippen molar-refractivity contribution in [1.29, 1.82) is 0 Å². The van der Waals surface area contributed by atoms with Gasteiger partial charge >= 0.3 is 5.97 Å². The summed E-state index contributed by atoms with van der Waals surface area (Å²) in [5, 5.41) is 6.35. The van der Waals surface area contributed by atoms with Crippen LogP contribution < -0.4 is 0 Å². The second-order valence-corrected chi connectivity index (χ2v) is 11.7. The zero-order valence-corrected chi connectivity index (χ0v) is 22.2. The molecule has 0 bridgehead atoms. The molecule has 1 aliphatic carbocycles. The predicted molar refractivity (Wildman–Crippen MR) is 143 cm³/mol. The largest absolute Gasteiger partial charge is 0.458 e. The Hall–Kier alpha value is -3.58. The normalized spacial score (nSPS) is 23.1. The summed E-state index contributed by atoms with van der Waals surface area (Å²) in [5.74, 6) is -1.91. The number of ketones is 2. The highest BCUT2D eigenvalue weighted by Crippen LogP contribution is 2.64. The SMILES string of the molecule is CC(C)(C)OC(=O)[C@@H]1[C@@H](c2ccc(Br)cc2)C2(C(=O)c3ccccc3C2=O)[C@@H]2c3ccccc3C=NN12. The highest BCUT2D eigenvalue weighted by molar-refractivity contribution is 9.10. The number of hydrogen-bond acceptors (Lipinski definition) is 6. The molecule has 1 saturated heterocycles. The average molecular weight is 557 g/mol. The summed E-state index contributed by atoms with van der Waals surface area (Å²) in [7, 11) is 0. The standard InChI is InChI=1S/C30H25BrN2O4/c1-29(2,3)37-28(36)24-23(17-12-14-19(31)15-13-17)30(26(34)21-10-6-7-11-22(21)27(30)35)25-20-9-5-4-8-18(20)16-32-33(24)25/h4-16,23-25H,1-3H3/t23-,24+,25+/m1/s1. The molecule has 3 aromatic rings. The van der Waals surface area contributed by atoms with Crippen LogP contribution in [0.5, 0.6) is 0 Å². The van der Waals surface area contributed by atoms with Crippen molar-refractivity contribution in [1.82, 2.24) is 5.01 Å². The fourth-order valence-electron chi connectivity index (χ4n) is 6.15. The van der Waals surface area contributed by atoms with Gasteiger partial charge in [0.05, 0.1) is 12.3 Å². The van der Waals surface area contributed by atoms with Gasteiger partial charge in [0.2, 0.25) is 0 Å². The molecule has 0 aromatic heterocycles. The molecule has 37 heavy (non-hydrogen) atoms. The van der Waals surface area contributed by atoms with Crippen molar-refractivity contribution in [3.8, 4) is 0 Å². The monoisotopic (exact) mass is 556 g/mol. The summed E-state index contributed by atoms with van der Waals surface area (Å²) in [6.07, 6.45) is 1.69. The maximum atomic E-state index is 14.5. The first-order valence-electron chi connectivity index (χ1n) is 12.2. The minimum atomic E-state index is -1.59. The lowest BCUT2D eigenvalue weighted by molar-refractivity contribution is -0.161. The molecule has 3 atom stereocenters. The Morgan fingerprint density at radius 1 is 0.919 bits per heavy atom. The molecule has 0 radical (unpaired) electrons. The van der Waals surface area contributed by atoms with E-state index in [1.54, 1.807) is 56.3 Å². The number of nitrogens with zero attached hydrogens (tertiary/aromatic N) is 2. The van der Waals surface area contributed by atoms with Gasteiger partial charge in [0, 0.05) is 21.5 Å². The Kier molecular flexibility index (Phi) is 5.28. The van der Waals surface area contributed by atoms with Gasteiger partial charge in [-0.1, -0.05) is 76.6 Å². The number of rotatable bonds is 2. The number of esters is 1. The first-order valence-corrected chi connectivity index (χ1v) is 13.0. The molecule has 186 valence electrons. The summed E-state index contributed by atoms with van der Waals surface area (Å²) in [6, 6.07) is 20.2. The Bertz CT molecular complexity index is 1450. The number of Topliss-reactive ketones (excluding diaryl/α,β-unsaturated/α-hetero) is 2. The summed E-state index contributed by atoms with van der Waals surface area (Å²) in [6.45, 7) is 5.41. The Labute approximate surface area is 223 Å². The van der Waals surface area contributed by atoms with Gasteiger partial charge in [0.25, 0.3) is 0 Å². The van der Waals surface area contributed by atoms with E-state index in [9.17, 15) is 14.4 Å². The van der Waals surface area contributed by atoms with Crippen LogP contribution in [0.25, 0.3) is 0 Å². The molecular weight excluding hydrogens is 532 g/mol.